The van der Waals surface area contributed by atoms with Gasteiger partial charge in [-0.25, -0.2) is 13.1 Å². The van der Waals surface area contributed by atoms with Crippen LogP contribution in [0.3, 0.4) is 0 Å². The smallest absolute Gasteiger partial charge is 0.265 e. The Bertz CT molecular complexity index is 1780. The fourth-order valence-electron chi connectivity index (χ4n) is 6.78. The van der Waals surface area contributed by atoms with Crippen molar-refractivity contribution in [2.24, 2.45) is 0 Å². The van der Waals surface area contributed by atoms with Crippen molar-refractivity contribution in [3.05, 3.63) is 70.9 Å². The van der Waals surface area contributed by atoms with Crippen LogP contribution < -0.4 is 14.2 Å². The van der Waals surface area contributed by atoms with Crippen molar-refractivity contribution < 1.29 is 27.4 Å². The van der Waals surface area contributed by atoms with E-state index < -0.39 is 15.9 Å². The summed E-state index contributed by atoms with van der Waals surface area (Å²) in [6.07, 6.45) is 8.93. The molecule has 1 fully saturated rings. The molecule has 1 amide bonds. The first-order valence-electron chi connectivity index (χ1n) is 15.4. The van der Waals surface area contributed by atoms with Gasteiger partial charge >= 0.3 is 0 Å². The quantitative estimate of drug-likeness (QED) is 0.282. The predicted octanol–water partition coefficient (Wildman–Crippen LogP) is 6.00. The van der Waals surface area contributed by atoms with Gasteiger partial charge in [-0.2, -0.15) is 0 Å². The highest BCUT2D eigenvalue weighted by Gasteiger charge is 2.33. The third kappa shape index (κ3) is 6.43. The first kappa shape index (κ1) is 30.4. The summed E-state index contributed by atoms with van der Waals surface area (Å²) < 4.78 is 44.6. The number of carbonyl (C=O) groups excluding carboxylic acids is 1. The first-order chi connectivity index (χ1) is 21.2. The van der Waals surface area contributed by atoms with E-state index in [1.807, 2.05) is 30.5 Å². The lowest BCUT2D eigenvalue weighted by Crippen LogP contribution is -2.39. The molecule has 4 aromatic rings. The molecule has 3 aromatic carbocycles. The van der Waals surface area contributed by atoms with Gasteiger partial charge in [-0.05, 0) is 97.3 Å². The Kier molecular flexibility index (Phi) is 8.84. The lowest BCUT2D eigenvalue weighted by molar-refractivity contribution is -0.0199. The van der Waals surface area contributed by atoms with Crippen molar-refractivity contribution in [2.45, 2.75) is 64.1 Å². The predicted molar refractivity (Wildman–Crippen MR) is 172 cm³/mol. The Morgan fingerprint density at radius 3 is 2.66 bits per heavy atom. The minimum Gasteiger partial charge on any atom is -0.496 e. The lowest BCUT2D eigenvalue weighted by atomic mass is 9.87. The van der Waals surface area contributed by atoms with E-state index in [0.717, 1.165) is 102 Å². The molecule has 0 aliphatic carbocycles. The van der Waals surface area contributed by atoms with E-state index in [9.17, 15) is 13.2 Å². The third-order valence-electron chi connectivity index (χ3n) is 8.92. The van der Waals surface area contributed by atoms with E-state index in [1.54, 1.807) is 13.2 Å². The number of fused-ring (bicyclic) bond motifs is 5. The molecule has 2 aliphatic rings. The van der Waals surface area contributed by atoms with Gasteiger partial charge in [-0.3, -0.25) is 9.69 Å². The van der Waals surface area contributed by atoms with Crippen molar-refractivity contribution in [3.8, 4) is 11.5 Å². The number of hydrogen-bond donors (Lipinski definition) is 2. The number of likely N-dealkylation sites (tertiary alicyclic amines) is 1. The second kappa shape index (κ2) is 12.8. The van der Waals surface area contributed by atoms with Crippen LogP contribution in [0.2, 0.25) is 0 Å². The molecule has 0 spiro atoms. The van der Waals surface area contributed by atoms with Crippen LogP contribution in [0.15, 0.2) is 48.7 Å². The highest BCUT2D eigenvalue weighted by atomic mass is 32.2. The summed E-state index contributed by atoms with van der Waals surface area (Å²) >= 11 is 0. The number of amides is 1. The van der Waals surface area contributed by atoms with Crippen molar-refractivity contribution in [2.75, 3.05) is 33.1 Å². The summed E-state index contributed by atoms with van der Waals surface area (Å²) in [6.45, 7) is 4.92. The fraction of sp³-hybridized carbons (Fsp3) is 0.441. The minimum atomic E-state index is -3.73. The zero-order valence-electron chi connectivity index (χ0n) is 25.6. The molecule has 0 radical (unpaired) electrons. The summed E-state index contributed by atoms with van der Waals surface area (Å²) in [5.41, 5.74) is 4.73. The molecule has 4 bridgehead atoms. The maximum Gasteiger partial charge on any atom is 0.265 e. The van der Waals surface area contributed by atoms with Gasteiger partial charge in [0.2, 0.25) is 10.0 Å². The van der Waals surface area contributed by atoms with Gasteiger partial charge in [-0.1, -0.05) is 12.5 Å². The number of sulfonamides is 1. The molecule has 44 heavy (non-hydrogen) atoms. The van der Waals surface area contributed by atoms with Gasteiger partial charge in [0, 0.05) is 54.0 Å². The van der Waals surface area contributed by atoms with Crippen LogP contribution in [0.25, 0.3) is 21.7 Å². The monoisotopic (exact) mass is 619 g/mol. The molecule has 6 rings (SSSR count). The molecule has 234 valence electrons. The zero-order valence-corrected chi connectivity index (χ0v) is 26.5. The number of hydrogen-bond acceptors (Lipinski definition) is 7. The number of carbonyl (C=O) groups is 1. The number of aryl methyl sites for hydroxylation is 1. The van der Waals surface area contributed by atoms with Crippen LogP contribution in [0, 0.1) is 6.92 Å². The van der Waals surface area contributed by atoms with Gasteiger partial charge in [0.05, 0.1) is 26.1 Å². The molecule has 2 N–H and O–H groups in total. The Balaban J connectivity index is 1.47. The van der Waals surface area contributed by atoms with Gasteiger partial charge in [0.1, 0.15) is 11.5 Å². The summed E-state index contributed by atoms with van der Waals surface area (Å²) in [4.78, 5) is 19.0. The topological polar surface area (TPSA) is 110 Å². The van der Waals surface area contributed by atoms with Crippen molar-refractivity contribution in [3.63, 3.8) is 0 Å². The first-order valence-corrected chi connectivity index (χ1v) is 17.3. The Morgan fingerprint density at radius 1 is 1.05 bits per heavy atom. The largest absolute Gasteiger partial charge is 0.496 e. The molecule has 10 heteroatoms. The fourth-order valence-corrected chi connectivity index (χ4v) is 7.23. The molecular weight excluding hydrogens is 578 g/mol. The Hall–Kier alpha value is -3.60. The molecule has 3 heterocycles. The summed E-state index contributed by atoms with van der Waals surface area (Å²) in [5.74, 6) is 0.946. The van der Waals surface area contributed by atoms with E-state index in [0.29, 0.717) is 24.1 Å². The van der Waals surface area contributed by atoms with E-state index in [-0.39, 0.29) is 12.1 Å². The van der Waals surface area contributed by atoms with E-state index in [4.69, 9.17) is 14.2 Å². The second-order valence-electron chi connectivity index (χ2n) is 12.0. The number of rotatable bonds is 5. The number of aromatic nitrogens is 1. The maximum absolute atomic E-state index is 13.1. The van der Waals surface area contributed by atoms with Crippen molar-refractivity contribution in [1.29, 1.82) is 0 Å². The van der Waals surface area contributed by atoms with Crippen molar-refractivity contribution >= 4 is 37.6 Å². The normalized spacial score (nSPS) is 20.2. The zero-order chi connectivity index (χ0) is 30.8. The highest BCUT2D eigenvalue weighted by molar-refractivity contribution is 7.89. The average Bonchev–Trinajstić information content (AvgIpc) is 3.49. The highest BCUT2D eigenvalue weighted by Crippen LogP contribution is 2.41. The summed E-state index contributed by atoms with van der Waals surface area (Å²) in [7, 11) is -2.01. The molecule has 0 unspecified atom stereocenters. The standard InChI is InChI=1S/C34H41N3O6S/c1-22-18-32(41-2)30(27-12-14-35-33(22)27)21-37-15-13-24-20-31(37)26-10-11-28(34(38)36-44(3,39)40)25-9-8-23(19-29(25)26)42-16-6-4-5-7-17-43-24/h8-12,14,18-19,24,31,35H,4-7,13,15-17,20-21H2,1-3H3,(H,36,38)/t24-,31-/m0/s1. The Labute approximate surface area is 258 Å². The third-order valence-corrected chi connectivity index (χ3v) is 9.48. The number of nitrogens with one attached hydrogen (secondary N) is 2. The van der Waals surface area contributed by atoms with Crippen LogP contribution in [0.4, 0.5) is 0 Å². The van der Waals surface area contributed by atoms with Crippen LogP contribution >= 0.6 is 0 Å². The molecule has 1 aromatic heterocycles. The number of aromatic amines is 1. The Morgan fingerprint density at radius 2 is 1.86 bits per heavy atom. The van der Waals surface area contributed by atoms with E-state index in [2.05, 4.69) is 33.7 Å². The molecule has 2 aliphatic heterocycles. The van der Waals surface area contributed by atoms with Gasteiger partial charge in [0.25, 0.3) is 5.91 Å². The molecule has 2 atom stereocenters. The average molecular weight is 620 g/mol. The molecule has 9 nitrogen and oxygen atoms in total. The van der Waals surface area contributed by atoms with Gasteiger partial charge in [0.15, 0.2) is 0 Å². The maximum atomic E-state index is 13.1. The van der Waals surface area contributed by atoms with Gasteiger partial charge < -0.3 is 19.2 Å². The number of nitrogens with zero attached hydrogens (tertiary/aromatic N) is 1. The summed E-state index contributed by atoms with van der Waals surface area (Å²) in [5, 5.41) is 2.70. The number of ether oxygens (including phenoxy) is 3. The van der Waals surface area contributed by atoms with Crippen LogP contribution in [0.5, 0.6) is 11.5 Å². The summed E-state index contributed by atoms with van der Waals surface area (Å²) in [6, 6.07) is 13.6. The molecule has 0 saturated carbocycles. The van der Waals surface area contributed by atoms with E-state index >= 15 is 0 Å². The van der Waals surface area contributed by atoms with Crippen LogP contribution in [0.1, 0.15) is 71.6 Å². The number of methoxy groups -OCH3 is 1. The minimum absolute atomic E-state index is 0.0244. The molecular formula is C34H41N3O6S. The second-order valence-corrected chi connectivity index (χ2v) is 13.8. The SMILES string of the molecule is COc1cc(C)c2[nH]ccc2c1CN1CC[C@H]2C[C@H]1c1ccc(C(=O)NS(C)(=O)=O)c3ccc(cc13)OCCCCCCO2. The number of benzene rings is 3. The molecule has 1 saturated heterocycles. The lowest BCUT2D eigenvalue weighted by Gasteiger charge is -2.40. The number of piperidine rings is 1. The van der Waals surface area contributed by atoms with Crippen LogP contribution in [-0.4, -0.2) is 63.4 Å². The number of H-pyrrole nitrogens is 1. The van der Waals surface area contributed by atoms with Crippen molar-refractivity contribution in [1.82, 2.24) is 14.6 Å². The van der Waals surface area contributed by atoms with Crippen LogP contribution in [-0.2, 0) is 21.3 Å². The van der Waals surface area contributed by atoms with E-state index in [1.165, 1.54) is 0 Å². The van der Waals surface area contributed by atoms with Gasteiger partial charge in [-0.15, -0.1) is 0 Å².